The number of fused-ring (bicyclic) bond motifs is 3. The van der Waals surface area contributed by atoms with E-state index in [1.807, 2.05) is 30.3 Å². The van der Waals surface area contributed by atoms with E-state index >= 15 is 0 Å². The quantitative estimate of drug-likeness (QED) is 0.533. The summed E-state index contributed by atoms with van der Waals surface area (Å²) in [5.74, 6) is 0.0398. The monoisotopic (exact) mass is 287 g/mol. The van der Waals surface area contributed by atoms with E-state index in [1.54, 1.807) is 0 Å². The van der Waals surface area contributed by atoms with Gasteiger partial charge in [0.05, 0.1) is 11.1 Å². The average Bonchev–Trinajstić information content (AvgIpc) is 2.75. The van der Waals surface area contributed by atoms with Gasteiger partial charge >= 0.3 is 0 Å². The van der Waals surface area contributed by atoms with Crippen LogP contribution < -0.4 is 5.32 Å². The Hall–Kier alpha value is -1.87. The van der Waals surface area contributed by atoms with Crippen LogP contribution in [-0.4, -0.2) is 17.7 Å². The molecule has 0 unspecified atom stereocenters. The van der Waals surface area contributed by atoms with Crippen LogP contribution >= 0.6 is 11.6 Å². The minimum Gasteiger partial charge on any atom is -0.288 e. The summed E-state index contributed by atoms with van der Waals surface area (Å²) in [6, 6.07) is 9.68. The van der Waals surface area contributed by atoms with Crippen molar-refractivity contribution in [1.29, 1.82) is 0 Å². The third-order valence-electron chi connectivity index (χ3n) is 3.64. The summed E-state index contributed by atoms with van der Waals surface area (Å²) in [5.41, 5.74) is 2.00. The van der Waals surface area contributed by atoms with Crippen molar-refractivity contribution >= 4 is 34.2 Å². The summed E-state index contributed by atoms with van der Waals surface area (Å²) >= 11 is 5.70. The van der Waals surface area contributed by atoms with Gasteiger partial charge in [-0.3, -0.25) is 14.9 Å². The van der Waals surface area contributed by atoms with Crippen molar-refractivity contribution in [3.8, 4) is 0 Å². The highest BCUT2D eigenvalue weighted by Crippen LogP contribution is 2.30. The Balaban J connectivity index is 2.18. The van der Waals surface area contributed by atoms with Gasteiger partial charge in [0.25, 0.3) is 11.8 Å². The Labute approximate surface area is 121 Å². The molecular formula is C16H14ClNO2. The molecule has 0 atom stereocenters. The summed E-state index contributed by atoms with van der Waals surface area (Å²) in [7, 11) is 0. The molecule has 2 aromatic carbocycles. The molecule has 2 aromatic rings. The Morgan fingerprint density at radius 1 is 1.00 bits per heavy atom. The number of carbonyl (C=O) groups excluding carboxylic acids is 2. The molecule has 3 nitrogen and oxygen atoms in total. The molecule has 4 heteroatoms. The second kappa shape index (κ2) is 5.25. The Kier molecular flexibility index (Phi) is 3.45. The van der Waals surface area contributed by atoms with Crippen molar-refractivity contribution in [2.45, 2.75) is 19.3 Å². The molecule has 1 heterocycles. The van der Waals surface area contributed by atoms with Gasteiger partial charge in [-0.2, -0.15) is 0 Å². The number of alkyl halides is 1. The Bertz CT molecular complexity index is 709. The van der Waals surface area contributed by atoms with Gasteiger partial charge in [-0.25, -0.2) is 0 Å². The van der Waals surface area contributed by atoms with E-state index in [0.717, 1.165) is 35.6 Å². The molecule has 0 saturated carbocycles. The fraction of sp³-hybridized carbons (Fsp3) is 0.250. The van der Waals surface area contributed by atoms with E-state index < -0.39 is 0 Å². The molecule has 1 N–H and O–H groups in total. The average molecular weight is 288 g/mol. The van der Waals surface area contributed by atoms with Gasteiger partial charge in [0.1, 0.15) is 0 Å². The highest BCUT2D eigenvalue weighted by molar-refractivity contribution is 6.27. The molecule has 0 spiro atoms. The molecule has 20 heavy (non-hydrogen) atoms. The first-order chi connectivity index (χ1) is 9.72. The number of halogens is 1. The van der Waals surface area contributed by atoms with E-state index in [0.29, 0.717) is 17.0 Å². The Morgan fingerprint density at radius 3 is 2.55 bits per heavy atom. The lowest BCUT2D eigenvalue weighted by Gasteiger charge is -2.09. The lowest BCUT2D eigenvalue weighted by molar-refractivity contribution is 0.0880. The van der Waals surface area contributed by atoms with Gasteiger partial charge in [0, 0.05) is 5.88 Å². The molecule has 0 aliphatic carbocycles. The zero-order valence-corrected chi connectivity index (χ0v) is 11.7. The number of hydrogen-bond acceptors (Lipinski definition) is 2. The number of aryl methyl sites for hydroxylation is 1. The zero-order chi connectivity index (χ0) is 14.1. The molecule has 0 bridgehead atoms. The van der Waals surface area contributed by atoms with E-state index in [2.05, 4.69) is 5.32 Å². The lowest BCUT2D eigenvalue weighted by Crippen LogP contribution is -2.20. The molecule has 3 rings (SSSR count). The van der Waals surface area contributed by atoms with Crippen LogP contribution in [0.2, 0.25) is 0 Å². The lowest BCUT2D eigenvalue weighted by atomic mass is 9.93. The number of unbranched alkanes of at least 4 members (excludes halogenated alkanes) is 1. The van der Waals surface area contributed by atoms with Crippen LogP contribution in [0.3, 0.4) is 0 Å². The van der Waals surface area contributed by atoms with Crippen LogP contribution in [0.1, 0.15) is 39.1 Å². The number of imide groups is 1. The number of hydrogen-bond donors (Lipinski definition) is 1. The fourth-order valence-corrected chi connectivity index (χ4v) is 2.93. The summed E-state index contributed by atoms with van der Waals surface area (Å²) in [6.07, 6.45) is 2.58. The molecule has 0 radical (unpaired) electrons. The summed E-state index contributed by atoms with van der Waals surface area (Å²) in [4.78, 5) is 24.0. The number of benzene rings is 2. The first-order valence-corrected chi connectivity index (χ1v) is 7.22. The van der Waals surface area contributed by atoms with Gasteiger partial charge in [0.15, 0.2) is 0 Å². The van der Waals surface area contributed by atoms with Gasteiger partial charge in [-0.1, -0.05) is 30.3 Å². The van der Waals surface area contributed by atoms with E-state index in [4.69, 9.17) is 11.6 Å². The third-order valence-corrected chi connectivity index (χ3v) is 3.91. The summed E-state index contributed by atoms with van der Waals surface area (Å²) in [6.45, 7) is 0. The second-order valence-electron chi connectivity index (χ2n) is 4.94. The minimum atomic E-state index is -0.291. The van der Waals surface area contributed by atoms with Crippen LogP contribution in [0.25, 0.3) is 10.8 Å². The smallest absolute Gasteiger partial charge is 0.259 e. The number of carbonyl (C=O) groups is 2. The molecule has 0 saturated heterocycles. The first-order valence-electron chi connectivity index (χ1n) is 6.68. The molecule has 0 fully saturated rings. The first kappa shape index (κ1) is 13.1. The topological polar surface area (TPSA) is 46.2 Å². The van der Waals surface area contributed by atoms with Crippen LogP contribution in [0.5, 0.6) is 0 Å². The van der Waals surface area contributed by atoms with Gasteiger partial charge in [-0.05, 0) is 35.6 Å². The fourth-order valence-electron chi connectivity index (χ4n) is 2.74. The molecule has 1 aliphatic heterocycles. The maximum Gasteiger partial charge on any atom is 0.259 e. The molecule has 1 aliphatic rings. The van der Waals surface area contributed by atoms with Gasteiger partial charge < -0.3 is 0 Å². The van der Waals surface area contributed by atoms with Crippen LogP contribution in [0.15, 0.2) is 30.3 Å². The van der Waals surface area contributed by atoms with Crippen LogP contribution in [-0.2, 0) is 6.42 Å². The number of rotatable bonds is 4. The van der Waals surface area contributed by atoms with Crippen molar-refractivity contribution in [3.63, 3.8) is 0 Å². The van der Waals surface area contributed by atoms with Gasteiger partial charge in [-0.15, -0.1) is 11.6 Å². The van der Waals surface area contributed by atoms with Crippen LogP contribution in [0, 0.1) is 0 Å². The zero-order valence-electron chi connectivity index (χ0n) is 10.9. The normalized spacial score (nSPS) is 13.7. The molecule has 0 aromatic heterocycles. The highest BCUT2D eigenvalue weighted by Gasteiger charge is 2.31. The Morgan fingerprint density at radius 2 is 1.75 bits per heavy atom. The molecular weight excluding hydrogens is 274 g/mol. The number of amides is 2. The third kappa shape index (κ3) is 2.08. The van der Waals surface area contributed by atoms with Gasteiger partial charge in [0.2, 0.25) is 0 Å². The van der Waals surface area contributed by atoms with Crippen molar-refractivity contribution in [2.75, 3.05) is 5.88 Å². The largest absolute Gasteiger partial charge is 0.288 e. The van der Waals surface area contributed by atoms with Crippen LogP contribution in [0.4, 0.5) is 0 Å². The molecule has 102 valence electrons. The minimum absolute atomic E-state index is 0.281. The van der Waals surface area contributed by atoms with E-state index in [9.17, 15) is 9.59 Å². The number of nitrogens with one attached hydrogen (secondary N) is 1. The standard InChI is InChI=1S/C16H14ClNO2/c17-8-4-3-6-11-9-10-5-1-2-7-12(10)14-13(11)15(19)18-16(14)20/h1-2,5,7,9H,3-4,6,8H2,(H,18,19,20). The second-order valence-corrected chi connectivity index (χ2v) is 5.31. The predicted octanol–water partition coefficient (Wildman–Crippen LogP) is 3.28. The van der Waals surface area contributed by atoms with Crippen molar-refractivity contribution < 1.29 is 9.59 Å². The summed E-state index contributed by atoms with van der Waals surface area (Å²) in [5, 5.41) is 4.24. The van der Waals surface area contributed by atoms with E-state index in [-0.39, 0.29) is 11.8 Å². The maximum atomic E-state index is 12.0. The van der Waals surface area contributed by atoms with Crippen molar-refractivity contribution in [2.24, 2.45) is 0 Å². The van der Waals surface area contributed by atoms with Crippen molar-refractivity contribution in [1.82, 2.24) is 5.32 Å². The maximum absolute atomic E-state index is 12.0. The van der Waals surface area contributed by atoms with E-state index in [1.165, 1.54) is 0 Å². The SMILES string of the molecule is O=C1NC(=O)c2c1c(CCCCCl)cc1ccccc21. The predicted molar refractivity (Wildman–Crippen MR) is 79.4 cm³/mol. The van der Waals surface area contributed by atoms with Crippen molar-refractivity contribution in [3.05, 3.63) is 47.0 Å². The molecule has 2 amide bonds. The highest BCUT2D eigenvalue weighted by atomic mass is 35.5. The summed E-state index contributed by atoms with van der Waals surface area (Å²) < 4.78 is 0.